The van der Waals surface area contributed by atoms with E-state index in [4.69, 9.17) is 0 Å². The predicted octanol–water partition coefficient (Wildman–Crippen LogP) is 2.52. The van der Waals surface area contributed by atoms with E-state index in [2.05, 4.69) is 4.98 Å². The molecular formula is C22H25N3O3. The quantitative estimate of drug-likeness (QED) is 0.891. The van der Waals surface area contributed by atoms with E-state index in [1.54, 1.807) is 23.1 Å². The highest BCUT2D eigenvalue weighted by Crippen LogP contribution is 2.24. The first-order valence-electron chi connectivity index (χ1n) is 10.00. The molecule has 0 bridgehead atoms. The van der Waals surface area contributed by atoms with Crippen LogP contribution < -0.4 is 5.56 Å². The van der Waals surface area contributed by atoms with Gasteiger partial charge in [0, 0.05) is 43.5 Å². The van der Waals surface area contributed by atoms with Crippen LogP contribution in [0.15, 0.2) is 47.3 Å². The minimum atomic E-state index is -0.173. The maximum atomic E-state index is 13.1. The van der Waals surface area contributed by atoms with Gasteiger partial charge in [-0.25, -0.2) is 0 Å². The molecular weight excluding hydrogens is 354 g/mol. The number of benzene rings is 1. The number of aromatic amines is 1. The molecule has 1 N–H and O–H groups in total. The highest BCUT2D eigenvalue weighted by molar-refractivity contribution is 5.96. The normalized spacial score (nSPS) is 19.6. The molecule has 2 aliphatic rings. The first kappa shape index (κ1) is 18.5. The second-order valence-corrected chi connectivity index (χ2v) is 7.63. The Bertz CT molecular complexity index is 930. The summed E-state index contributed by atoms with van der Waals surface area (Å²) in [5.74, 6) is 0.0501. The summed E-state index contributed by atoms with van der Waals surface area (Å²) in [7, 11) is 0. The molecule has 3 heterocycles. The van der Waals surface area contributed by atoms with Crippen molar-refractivity contribution in [2.75, 3.05) is 26.2 Å². The average molecular weight is 379 g/mol. The smallest absolute Gasteiger partial charge is 0.253 e. The van der Waals surface area contributed by atoms with Crippen molar-refractivity contribution in [2.24, 2.45) is 5.92 Å². The number of carbonyl (C=O) groups excluding carboxylic acids is 2. The number of rotatable bonds is 3. The van der Waals surface area contributed by atoms with Gasteiger partial charge < -0.3 is 14.8 Å². The van der Waals surface area contributed by atoms with Gasteiger partial charge in [-0.1, -0.05) is 18.2 Å². The first-order chi connectivity index (χ1) is 13.6. The minimum Gasteiger partial charge on any atom is -0.342 e. The fourth-order valence-corrected chi connectivity index (χ4v) is 4.18. The van der Waals surface area contributed by atoms with Crippen LogP contribution in [0.2, 0.25) is 0 Å². The van der Waals surface area contributed by atoms with Crippen molar-refractivity contribution in [3.05, 3.63) is 58.4 Å². The third-order valence-electron chi connectivity index (χ3n) is 5.66. The zero-order valence-electron chi connectivity index (χ0n) is 15.9. The minimum absolute atomic E-state index is 0.0564. The Balaban J connectivity index is 1.50. The van der Waals surface area contributed by atoms with Crippen LogP contribution in [0.4, 0.5) is 0 Å². The number of aromatic nitrogens is 1. The largest absolute Gasteiger partial charge is 0.342 e. The third kappa shape index (κ3) is 3.86. The van der Waals surface area contributed by atoms with Gasteiger partial charge in [0.2, 0.25) is 11.5 Å². The predicted molar refractivity (Wildman–Crippen MR) is 107 cm³/mol. The maximum Gasteiger partial charge on any atom is 0.253 e. The summed E-state index contributed by atoms with van der Waals surface area (Å²) in [4.78, 5) is 43.9. The van der Waals surface area contributed by atoms with Crippen molar-refractivity contribution in [1.82, 2.24) is 14.8 Å². The van der Waals surface area contributed by atoms with E-state index >= 15 is 0 Å². The molecule has 4 rings (SSSR count). The van der Waals surface area contributed by atoms with E-state index in [-0.39, 0.29) is 23.3 Å². The van der Waals surface area contributed by atoms with Crippen molar-refractivity contribution in [2.45, 2.75) is 25.7 Å². The fourth-order valence-electron chi connectivity index (χ4n) is 4.18. The number of likely N-dealkylation sites (tertiary alicyclic amines) is 2. The van der Waals surface area contributed by atoms with E-state index in [1.165, 1.54) is 6.07 Å². The molecule has 6 heteroatoms. The lowest BCUT2D eigenvalue weighted by molar-refractivity contribution is -0.135. The molecule has 0 spiro atoms. The molecule has 2 saturated heterocycles. The Morgan fingerprint density at radius 1 is 0.929 bits per heavy atom. The summed E-state index contributed by atoms with van der Waals surface area (Å²) < 4.78 is 0. The lowest BCUT2D eigenvalue weighted by Gasteiger charge is -2.34. The number of pyridine rings is 1. The van der Waals surface area contributed by atoms with Crippen LogP contribution in [0.1, 0.15) is 36.0 Å². The Morgan fingerprint density at radius 3 is 2.46 bits per heavy atom. The van der Waals surface area contributed by atoms with Crippen molar-refractivity contribution < 1.29 is 9.59 Å². The summed E-state index contributed by atoms with van der Waals surface area (Å²) in [6, 6.07) is 12.3. The molecule has 0 saturated carbocycles. The van der Waals surface area contributed by atoms with Gasteiger partial charge in [0.05, 0.1) is 5.92 Å². The fraction of sp³-hybridized carbons (Fsp3) is 0.409. The molecule has 0 aliphatic carbocycles. The van der Waals surface area contributed by atoms with Crippen LogP contribution in [-0.4, -0.2) is 52.8 Å². The Morgan fingerprint density at radius 2 is 1.68 bits per heavy atom. The van der Waals surface area contributed by atoms with Gasteiger partial charge in [-0.15, -0.1) is 0 Å². The van der Waals surface area contributed by atoms with Crippen molar-refractivity contribution in [1.29, 1.82) is 0 Å². The third-order valence-corrected chi connectivity index (χ3v) is 5.66. The number of carbonyl (C=O) groups is 2. The molecule has 2 aliphatic heterocycles. The van der Waals surface area contributed by atoms with Gasteiger partial charge in [-0.3, -0.25) is 14.4 Å². The molecule has 1 atom stereocenters. The number of hydrogen-bond donors (Lipinski definition) is 1. The first-order valence-corrected chi connectivity index (χ1v) is 10.00. The molecule has 2 fully saturated rings. The zero-order chi connectivity index (χ0) is 19.5. The monoisotopic (exact) mass is 379 g/mol. The van der Waals surface area contributed by atoms with E-state index in [0.717, 1.165) is 44.3 Å². The van der Waals surface area contributed by atoms with Gasteiger partial charge in [0.25, 0.3) is 5.91 Å². The molecule has 146 valence electrons. The lowest BCUT2D eigenvalue weighted by Crippen LogP contribution is -2.46. The lowest BCUT2D eigenvalue weighted by atomic mass is 9.95. The summed E-state index contributed by atoms with van der Waals surface area (Å²) in [5.41, 5.74) is 1.89. The summed E-state index contributed by atoms with van der Waals surface area (Å²) in [5, 5.41) is 0. The van der Waals surface area contributed by atoms with Crippen molar-refractivity contribution in [3.63, 3.8) is 0 Å². The van der Waals surface area contributed by atoms with Crippen molar-refractivity contribution >= 4 is 11.8 Å². The number of amides is 2. The summed E-state index contributed by atoms with van der Waals surface area (Å²) in [6.45, 7) is 2.86. The highest BCUT2D eigenvalue weighted by atomic mass is 16.2. The number of nitrogens with zero attached hydrogens (tertiary/aromatic N) is 2. The van der Waals surface area contributed by atoms with Gasteiger partial charge in [0.15, 0.2) is 0 Å². The molecule has 28 heavy (non-hydrogen) atoms. The SMILES string of the molecule is O=C(c1cccc(-c2cccc(=O)[nH]2)c1)N1CCC[C@@H](C(=O)N2CCCC2)C1. The van der Waals surface area contributed by atoms with Crippen LogP contribution in [-0.2, 0) is 4.79 Å². The van der Waals surface area contributed by atoms with Crippen LogP contribution in [0, 0.1) is 5.92 Å². The van der Waals surface area contributed by atoms with E-state index < -0.39 is 0 Å². The molecule has 6 nitrogen and oxygen atoms in total. The molecule has 1 aromatic carbocycles. The molecule has 1 aromatic heterocycles. The zero-order valence-corrected chi connectivity index (χ0v) is 15.9. The topological polar surface area (TPSA) is 73.5 Å². The molecule has 2 aromatic rings. The average Bonchev–Trinajstić information content (AvgIpc) is 3.28. The number of H-pyrrole nitrogens is 1. The van der Waals surface area contributed by atoms with E-state index in [1.807, 2.05) is 23.1 Å². The summed E-state index contributed by atoms with van der Waals surface area (Å²) in [6.07, 6.45) is 3.86. The second-order valence-electron chi connectivity index (χ2n) is 7.63. The molecule has 0 radical (unpaired) electrons. The summed E-state index contributed by atoms with van der Waals surface area (Å²) >= 11 is 0. The van der Waals surface area contributed by atoms with Gasteiger partial charge in [-0.05, 0) is 49.4 Å². The number of hydrogen-bond acceptors (Lipinski definition) is 3. The van der Waals surface area contributed by atoms with E-state index in [9.17, 15) is 14.4 Å². The molecule has 0 unspecified atom stereocenters. The van der Waals surface area contributed by atoms with Gasteiger partial charge >= 0.3 is 0 Å². The molecule has 2 amide bonds. The van der Waals surface area contributed by atoms with Crippen LogP contribution in [0.5, 0.6) is 0 Å². The van der Waals surface area contributed by atoms with Gasteiger partial charge in [0.1, 0.15) is 0 Å². The highest BCUT2D eigenvalue weighted by Gasteiger charge is 2.32. The van der Waals surface area contributed by atoms with Crippen LogP contribution in [0.3, 0.4) is 0 Å². The van der Waals surface area contributed by atoms with Crippen molar-refractivity contribution in [3.8, 4) is 11.3 Å². The van der Waals surface area contributed by atoms with Crippen LogP contribution in [0.25, 0.3) is 11.3 Å². The Kier molecular flexibility index (Phi) is 5.28. The standard InChI is InChI=1S/C22H25N3O3/c26-20-10-4-9-19(23-20)16-6-3-7-17(14-16)21(27)25-13-5-8-18(15-25)22(28)24-11-1-2-12-24/h3-4,6-7,9-10,14,18H,1-2,5,8,11-13,15H2,(H,23,26)/t18-/m1/s1. The Hall–Kier alpha value is -2.89. The second kappa shape index (κ2) is 8.00. The number of piperidine rings is 1. The van der Waals surface area contributed by atoms with Crippen LogP contribution >= 0.6 is 0 Å². The van der Waals surface area contributed by atoms with E-state index in [0.29, 0.717) is 24.3 Å². The van der Waals surface area contributed by atoms with Gasteiger partial charge in [-0.2, -0.15) is 0 Å². The number of nitrogens with one attached hydrogen (secondary N) is 1. The maximum absolute atomic E-state index is 13.1. The Labute approximate surface area is 164 Å².